The van der Waals surface area contributed by atoms with Crippen LogP contribution < -0.4 is 4.52 Å². The highest BCUT2D eigenvalue weighted by Gasteiger charge is 2.24. The first-order valence-corrected chi connectivity index (χ1v) is 8.92. The Bertz CT molecular complexity index is 612. The second-order valence-electron chi connectivity index (χ2n) is 4.91. The fraction of sp³-hybridized carbons (Fsp3) is 0.250. The van der Waals surface area contributed by atoms with Gasteiger partial charge in [-0.2, -0.15) is 0 Å². The van der Waals surface area contributed by atoms with Crippen molar-refractivity contribution in [1.29, 1.82) is 0 Å². The van der Waals surface area contributed by atoms with Crippen LogP contribution in [0.25, 0.3) is 11.1 Å². The number of para-hydroxylation sites is 1. The molecule has 1 unspecified atom stereocenters. The molecule has 0 fully saturated rings. The molecule has 1 aliphatic heterocycles. The third-order valence-corrected chi connectivity index (χ3v) is 5.79. The van der Waals surface area contributed by atoms with Gasteiger partial charge in [0.2, 0.25) is 0 Å². The molecule has 1 heterocycles. The van der Waals surface area contributed by atoms with Gasteiger partial charge in [-0.25, -0.2) is 0 Å². The molecule has 0 bridgehead atoms. The maximum Gasteiger partial charge on any atom is 0.135 e. The summed E-state index contributed by atoms with van der Waals surface area (Å²) in [5, 5.41) is 0. The summed E-state index contributed by atoms with van der Waals surface area (Å²) < 4.78 is 11.1. The summed E-state index contributed by atoms with van der Waals surface area (Å²) in [7, 11) is -1.75. The minimum Gasteiger partial charge on any atom is -0.459 e. The van der Waals surface area contributed by atoms with Crippen LogP contribution in [-0.4, -0.2) is 13.2 Å². The molecule has 0 radical (unpaired) electrons. The van der Waals surface area contributed by atoms with Crippen LogP contribution in [0.3, 0.4) is 0 Å². The molecule has 2 aromatic carbocycles. The normalized spacial score (nSPS) is 20.7. The Morgan fingerprint density at radius 1 is 1.05 bits per heavy atom. The van der Waals surface area contributed by atoms with Crippen LogP contribution >= 0.6 is 7.28 Å². The van der Waals surface area contributed by atoms with E-state index >= 15 is 0 Å². The summed E-state index contributed by atoms with van der Waals surface area (Å²) in [6, 6.07) is 16.9. The molecule has 98 valence electrons. The molecule has 3 rings (SSSR count). The lowest BCUT2D eigenvalue weighted by atomic mass is 10.00. The highest BCUT2D eigenvalue weighted by Crippen LogP contribution is 2.55. The van der Waals surface area contributed by atoms with Crippen molar-refractivity contribution in [3.05, 3.63) is 54.1 Å². The van der Waals surface area contributed by atoms with Crippen molar-refractivity contribution in [3.8, 4) is 16.9 Å². The van der Waals surface area contributed by atoms with E-state index in [-0.39, 0.29) is 0 Å². The van der Waals surface area contributed by atoms with E-state index in [9.17, 15) is 0 Å². The molecule has 0 spiro atoms. The Morgan fingerprint density at radius 2 is 1.74 bits per heavy atom. The van der Waals surface area contributed by atoms with Crippen molar-refractivity contribution < 1.29 is 4.52 Å². The average Bonchev–Trinajstić information content (AvgIpc) is 2.52. The molecule has 1 aliphatic rings. The van der Waals surface area contributed by atoms with E-state index in [2.05, 4.69) is 56.1 Å². The third kappa shape index (κ3) is 2.33. The Kier molecular flexibility index (Phi) is 3.20. The van der Waals surface area contributed by atoms with Crippen molar-refractivity contribution >= 4 is 7.28 Å². The second-order valence-corrected chi connectivity index (χ2v) is 7.79. The number of nitrogens with zero attached hydrogens (tertiary/aromatic N) is 1. The third-order valence-electron chi connectivity index (χ3n) is 3.39. The molecule has 0 saturated heterocycles. The zero-order valence-corrected chi connectivity index (χ0v) is 12.2. The van der Waals surface area contributed by atoms with Crippen molar-refractivity contribution in [2.45, 2.75) is 13.1 Å². The smallest absolute Gasteiger partial charge is 0.135 e. The van der Waals surface area contributed by atoms with Gasteiger partial charge in [-0.3, -0.25) is 4.74 Å². The fourth-order valence-electron chi connectivity index (χ4n) is 2.63. The van der Waals surface area contributed by atoms with Gasteiger partial charge in [-0.15, -0.1) is 0 Å². The van der Waals surface area contributed by atoms with Gasteiger partial charge < -0.3 is 4.52 Å². The van der Waals surface area contributed by atoms with E-state index in [4.69, 9.17) is 9.27 Å². The predicted molar refractivity (Wildman–Crippen MR) is 82.0 cm³/mol. The Labute approximate surface area is 114 Å². The van der Waals surface area contributed by atoms with Crippen LogP contribution in [0.1, 0.15) is 12.5 Å². The van der Waals surface area contributed by atoms with Crippen molar-refractivity contribution in [2.24, 2.45) is 4.74 Å². The first kappa shape index (κ1) is 12.5. The molecule has 1 atom stereocenters. The van der Waals surface area contributed by atoms with Gasteiger partial charge >= 0.3 is 0 Å². The first-order chi connectivity index (χ1) is 9.22. The Balaban J connectivity index is 2.27. The highest BCUT2D eigenvalue weighted by molar-refractivity contribution is 7.60. The van der Waals surface area contributed by atoms with Gasteiger partial charge in [-0.1, -0.05) is 42.5 Å². The van der Waals surface area contributed by atoms with Crippen LogP contribution in [0.2, 0.25) is 0 Å². The molecule has 0 aliphatic carbocycles. The zero-order valence-electron chi connectivity index (χ0n) is 11.3. The number of benzene rings is 2. The largest absolute Gasteiger partial charge is 0.459 e. The predicted octanol–water partition coefficient (Wildman–Crippen LogP) is 5.01. The molecule has 19 heavy (non-hydrogen) atoms. The summed E-state index contributed by atoms with van der Waals surface area (Å²) in [5.41, 5.74) is 3.82. The van der Waals surface area contributed by atoms with E-state index in [1.165, 1.54) is 16.7 Å². The van der Waals surface area contributed by atoms with Crippen molar-refractivity contribution in [2.75, 3.05) is 13.2 Å². The topological polar surface area (TPSA) is 21.6 Å². The van der Waals surface area contributed by atoms with Crippen LogP contribution in [0.5, 0.6) is 5.75 Å². The van der Waals surface area contributed by atoms with Gasteiger partial charge in [0.15, 0.2) is 0 Å². The monoisotopic (exact) mass is 271 g/mol. The van der Waals surface area contributed by atoms with Crippen LogP contribution in [0, 0.1) is 0 Å². The minimum absolute atomic E-state index is 0.814. The van der Waals surface area contributed by atoms with Crippen molar-refractivity contribution in [1.82, 2.24) is 0 Å². The summed E-state index contributed by atoms with van der Waals surface area (Å²) >= 11 is 0. The SMILES string of the molecule is CCN=P1(C)Cc2ccccc2-c2ccccc2O1. The quantitative estimate of drug-likeness (QED) is 0.668. The number of fused-ring (bicyclic) bond motifs is 3. The number of hydrogen-bond acceptors (Lipinski definition) is 2. The molecular formula is C16H18NOP. The minimum atomic E-state index is -1.75. The van der Waals surface area contributed by atoms with E-state index in [1.54, 1.807) is 0 Å². The first-order valence-electron chi connectivity index (χ1n) is 6.63. The molecule has 0 N–H and O–H groups in total. The molecule has 3 heteroatoms. The van der Waals surface area contributed by atoms with Gasteiger partial charge in [-0.05, 0) is 24.1 Å². The lowest BCUT2D eigenvalue weighted by Crippen LogP contribution is -1.94. The Hall–Kier alpha value is -1.53. The molecule has 0 saturated carbocycles. The maximum atomic E-state index is 6.31. The standard InChI is InChI=1S/C16H18NOP/c1-3-17-19(2)12-13-8-4-5-9-14(13)15-10-6-7-11-16(15)18-19/h4-11H,3,12H2,1-2H3. The molecular weight excluding hydrogens is 253 g/mol. The van der Waals surface area contributed by atoms with E-state index in [0.29, 0.717) is 0 Å². The number of hydrogen-bond donors (Lipinski definition) is 0. The van der Waals surface area contributed by atoms with E-state index in [0.717, 1.165) is 18.5 Å². The summed E-state index contributed by atoms with van der Waals surface area (Å²) in [5.74, 6) is 0.973. The second kappa shape index (κ2) is 4.86. The van der Waals surface area contributed by atoms with Crippen LogP contribution in [-0.2, 0) is 6.16 Å². The van der Waals surface area contributed by atoms with E-state index < -0.39 is 7.28 Å². The molecule has 0 aromatic heterocycles. The molecule has 0 amide bonds. The fourth-order valence-corrected chi connectivity index (χ4v) is 4.94. The van der Waals surface area contributed by atoms with Gasteiger partial charge in [0.1, 0.15) is 13.0 Å². The Morgan fingerprint density at radius 3 is 2.53 bits per heavy atom. The maximum absolute atomic E-state index is 6.31. The van der Waals surface area contributed by atoms with Gasteiger partial charge in [0, 0.05) is 24.9 Å². The summed E-state index contributed by atoms with van der Waals surface area (Å²) in [6.07, 6.45) is 0.922. The summed E-state index contributed by atoms with van der Waals surface area (Å²) in [4.78, 5) is 0. The molecule has 2 aromatic rings. The lowest BCUT2D eigenvalue weighted by Gasteiger charge is -2.19. The van der Waals surface area contributed by atoms with Crippen LogP contribution in [0.15, 0.2) is 53.3 Å². The number of rotatable bonds is 1. The average molecular weight is 271 g/mol. The van der Waals surface area contributed by atoms with Crippen LogP contribution in [0.4, 0.5) is 0 Å². The summed E-state index contributed by atoms with van der Waals surface area (Å²) in [6.45, 7) is 5.07. The van der Waals surface area contributed by atoms with Gasteiger partial charge in [0.25, 0.3) is 0 Å². The highest BCUT2D eigenvalue weighted by atomic mass is 31.2. The van der Waals surface area contributed by atoms with E-state index in [1.807, 2.05) is 6.07 Å². The van der Waals surface area contributed by atoms with Crippen molar-refractivity contribution in [3.63, 3.8) is 0 Å². The van der Waals surface area contributed by atoms with Gasteiger partial charge in [0.05, 0.1) is 0 Å². The molecule has 2 nitrogen and oxygen atoms in total. The lowest BCUT2D eigenvalue weighted by molar-refractivity contribution is 0.608. The zero-order chi connectivity index (χ0) is 13.3.